The summed E-state index contributed by atoms with van der Waals surface area (Å²) in [6.45, 7) is 0.324. The van der Waals surface area contributed by atoms with Gasteiger partial charge in [-0.1, -0.05) is 0 Å². The third-order valence-corrected chi connectivity index (χ3v) is 2.92. The maximum absolute atomic E-state index is 13.6. The summed E-state index contributed by atoms with van der Waals surface area (Å²) in [5, 5.41) is 0. The van der Waals surface area contributed by atoms with Crippen molar-refractivity contribution in [2.45, 2.75) is 24.6 Å². The van der Waals surface area contributed by atoms with Crippen LogP contribution in [-0.4, -0.2) is 18.7 Å². The summed E-state index contributed by atoms with van der Waals surface area (Å²) in [5.74, 6) is 4.27. The summed E-state index contributed by atoms with van der Waals surface area (Å²) >= 11 is 0. The average Bonchev–Trinajstić information content (AvgIpc) is 2.32. The van der Waals surface area contributed by atoms with E-state index in [-0.39, 0.29) is 11.6 Å². The predicted octanol–water partition coefficient (Wildman–Crippen LogP) is 0.585. The molecule has 3 atom stereocenters. The minimum absolute atomic E-state index is 0.0575. The van der Waals surface area contributed by atoms with Crippen molar-refractivity contribution in [3.63, 3.8) is 0 Å². The molecule has 1 unspecified atom stereocenters. The number of ether oxygens (including phenoxy) is 1. The van der Waals surface area contributed by atoms with Crippen LogP contribution in [0, 0.1) is 11.6 Å². The van der Waals surface area contributed by atoms with Gasteiger partial charge in [-0.3, -0.25) is 11.3 Å². The van der Waals surface area contributed by atoms with Gasteiger partial charge in [0.15, 0.2) is 0 Å². The molecular formula is C11H15F2N3O. The second-order valence-corrected chi connectivity index (χ2v) is 4.18. The fourth-order valence-electron chi connectivity index (χ4n) is 2.03. The van der Waals surface area contributed by atoms with Crippen LogP contribution < -0.4 is 17.0 Å². The van der Waals surface area contributed by atoms with Crippen LogP contribution in [0.15, 0.2) is 18.2 Å². The van der Waals surface area contributed by atoms with Crippen molar-refractivity contribution < 1.29 is 13.5 Å². The molecule has 1 aromatic rings. The van der Waals surface area contributed by atoms with Gasteiger partial charge in [0.05, 0.1) is 6.61 Å². The van der Waals surface area contributed by atoms with E-state index in [1.165, 1.54) is 0 Å². The topological polar surface area (TPSA) is 73.3 Å². The zero-order valence-electron chi connectivity index (χ0n) is 9.20. The zero-order valence-corrected chi connectivity index (χ0v) is 9.20. The van der Waals surface area contributed by atoms with Gasteiger partial charge in [0.2, 0.25) is 0 Å². The molecule has 0 amide bonds. The second-order valence-electron chi connectivity index (χ2n) is 4.18. The molecule has 6 heteroatoms. The van der Waals surface area contributed by atoms with E-state index in [4.69, 9.17) is 16.3 Å². The van der Waals surface area contributed by atoms with Crippen molar-refractivity contribution in [1.82, 2.24) is 5.43 Å². The molecule has 1 saturated heterocycles. The largest absolute Gasteiger partial charge is 0.370 e. The highest BCUT2D eigenvalue weighted by Gasteiger charge is 2.31. The monoisotopic (exact) mass is 243 g/mol. The van der Waals surface area contributed by atoms with Crippen LogP contribution in [0.25, 0.3) is 0 Å². The zero-order chi connectivity index (χ0) is 12.4. The van der Waals surface area contributed by atoms with E-state index < -0.39 is 23.8 Å². The molecule has 0 aromatic heterocycles. The van der Waals surface area contributed by atoms with E-state index in [1.54, 1.807) is 0 Å². The van der Waals surface area contributed by atoms with Crippen LogP contribution in [0.4, 0.5) is 8.78 Å². The van der Waals surface area contributed by atoms with Crippen LogP contribution in [-0.2, 0) is 4.74 Å². The lowest BCUT2D eigenvalue weighted by atomic mass is 9.94. The van der Waals surface area contributed by atoms with Crippen LogP contribution in [0.3, 0.4) is 0 Å². The summed E-state index contributed by atoms with van der Waals surface area (Å²) in [6.07, 6.45) is -0.0767. The Morgan fingerprint density at radius 1 is 1.35 bits per heavy atom. The molecule has 1 aliphatic rings. The molecule has 0 saturated carbocycles. The van der Waals surface area contributed by atoms with Crippen molar-refractivity contribution in [3.05, 3.63) is 35.4 Å². The highest BCUT2D eigenvalue weighted by Crippen LogP contribution is 2.29. The molecule has 17 heavy (non-hydrogen) atoms. The van der Waals surface area contributed by atoms with E-state index in [9.17, 15) is 8.78 Å². The van der Waals surface area contributed by atoms with E-state index >= 15 is 0 Å². The summed E-state index contributed by atoms with van der Waals surface area (Å²) in [7, 11) is 0. The Kier molecular flexibility index (Phi) is 3.68. The van der Waals surface area contributed by atoms with E-state index in [0.29, 0.717) is 13.0 Å². The standard InChI is InChI=1S/C11H15F2N3O/c12-6-1-2-9(13)8(3-6)11-10(14)4-7(16-15)5-17-11/h1-3,7,10-11,16H,4-5,14-15H2/t7?,10-,11+/m0/s1. The predicted molar refractivity (Wildman–Crippen MR) is 58.8 cm³/mol. The SMILES string of the molecule is NNC1CO[C@H](c2cc(F)ccc2F)[C@@H](N)C1. The highest BCUT2D eigenvalue weighted by atomic mass is 19.1. The first-order valence-electron chi connectivity index (χ1n) is 5.40. The Bertz CT molecular complexity index is 402. The molecule has 94 valence electrons. The highest BCUT2D eigenvalue weighted by molar-refractivity contribution is 5.23. The molecule has 5 N–H and O–H groups in total. The number of nitrogens with one attached hydrogen (secondary N) is 1. The number of hydrogen-bond donors (Lipinski definition) is 3. The van der Waals surface area contributed by atoms with Crippen LogP contribution in [0.1, 0.15) is 18.1 Å². The Balaban J connectivity index is 2.20. The Hall–Kier alpha value is -1.08. The van der Waals surface area contributed by atoms with E-state index in [1.807, 2.05) is 0 Å². The van der Waals surface area contributed by atoms with Gasteiger partial charge < -0.3 is 10.5 Å². The maximum atomic E-state index is 13.6. The van der Waals surface area contributed by atoms with Crippen molar-refractivity contribution in [2.24, 2.45) is 11.6 Å². The molecule has 0 spiro atoms. The summed E-state index contributed by atoms with van der Waals surface area (Å²) in [6, 6.07) is 2.79. The van der Waals surface area contributed by atoms with Crippen LogP contribution in [0.2, 0.25) is 0 Å². The first-order valence-corrected chi connectivity index (χ1v) is 5.40. The van der Waals surface area contributed by atoms with Gasteiger partial charge in [-0.15, -0.1) is 0 Å². The minimum Gasteiger partial charge on any atom is -0.370 e. The number of hydrazine groups is 1. The first-order chi connectivity index (χ1) is 8.11. The smallest absolute Gasteiger partial charge is 0.129 e. The average molecular weight is 243 g/mol. The number of hydrogen-bond acceptors (Lipinski definition) is 4. The van der Waals surface area contributed by atoms with Crippen molar-refractivity contribution >= 4 is 0 Å². The number of rotatable bonds is 2. The Morgan fingerprint density at radius 2 is 2.12 bits per heavy atom. The Labute approximate surface area is 97.9 Å². The van der Waals surface area contributed by atoms with Gasteiger partial charge >= 0.3 is 0 Å². The third-order valence-electron chi connectivity index (χ3n) is 2.92. The molecule has 0 aliphatic carbocycles. The quantitative estimate of drug-likeness (QED) is 0.525. The van der Waals surface area contributed by atoms with Gasteiger partial charge in [-0.05, 0) is 24.6 Å². The molecule has 2 rings (SSSR count). The molecular weight excluding hydrogens is 228 g/mol. The Morgan fingerprint density at radius 3 is 2.76 bits per heavy atom. The summed E-state index contributed by atoms with van der Waals surface area (Å²) < 4.78 is 32.1. The van der Waals surface area contributed by atoms with Gasteiger partial charge in [-0.2, -0.15) is 0 Å². The summed E-state index contributed by atoms with van der Waals surface area (Å²) in [4.78, 5) is 0. The second kappa shape index (κ2) is 5.05. The minimum atomic E-state index is -0.629. The van der Waals surface area contributed by atoms with E-state index in [2.05, 4.69) is 5.43 Å². The van der Waals surface area contributed by atoms with Crippen molar-refractivity contribution in [3.8, 4) is 0 Å². The fourth-order valence-corrected chi connectivity index (χ4v) is 2.03. The van der Waals surface area contributed by atoms with Crippen LogP contribution >= 0.6 is 0 Å². The molecule has 4 nitrogen and oxygen atoms in total. The number of halogens is 2. The molecule has 1 heterocycles. The van der Waals surface area contributed by atoms with Gasteiger partial charge in [0.25, 0.3) is 0 Å². The lowest BCUT2D eigenvalue weighted by molar-refractivity contribution is -0.0200. The molecule has 0 radical (unpaired) electrons. The van der Waals surface area contributed by atoms with Crippen molar-refractivity contribution in [1.29, 1.82) is 0 Å². The normalized spacial score (nSPS) is 29.3. The van der Waals surface area contributed by atoms with Gasteiger partial charge in [0, 0.05) is 17.6 Å². The molecule has 1 aromatic carbocycles. The van der Waals surface area contributed by atoms with Gasteiger partial charge in [0.1, 0.15) is 17.7 Å². The maximum Gasteiger partial charge on any atom is 0.129 e. The number of benzene rings is 1. The summed E-state index contributed by atoms with van der Waals surface area (Å²) in [5.41, 5.74) is 8.61. The number of nitrogens with two attached hydrogens (primary N) is 2. The molecule has 1 aliphatic heterocycles. The van der Waals surface area contributed by atoms with E-state index in [0.717, 1.165) is 18.2 Å². The lowest BCUT2D eigenvalue weighted by Crippen LogP contribution is -2.49. The fraction of sp³-hybridized carbons (Fsp3) is 0.455. The third kappa shape index (κ3) is 2.61. The lowest BCUT2D eigenvalue weighted by Gasteiger charge is -2.34. The molecule has 0 bridgehead atoms. The van der Waals surface area contributed by atoms with Crippen LogP contribution in [0.5, 0.6) is 0 Å². The van der Waals surface area contributed by atoms with Crippen molar-refractivity contribution in [2.75, 3.05) is 6.61 Å². The van der Waals surface area contributed by atoms with Gasteiger partial charge in [-0.25, -0.2) is 8.78 Å². The first kappa shape index (κ1) is 12.4. The molecule has 1 fully saturated rings.